The summed E-state index contributed by atoms with van der Waals surface area (Å²) in [5.74, 6) is 4.98. The lowest BCUT2D eigenvalue weighted by Crippen LogP contribution is -2.46. The Labute approximate surface area is 408 Å². The van der Waals surface area contributed by atoms with E-state index in [-0.39, 0.29) is 25.2 Å². The molecule has 3 atom stereocenters. The number of carbonyl (C=O) groups excluding carboxylic acids is 3. The molecule has 6 bridgehead atoms. The minimum Gasteiger partial charge on any atom is -0.489 e. The SMILES string of the molecule is CCCN(CCOc1c(Cl)cc(Cl)cc1Cl)C(=O)n1ccnc1.Cc1ccc(NC(=O)c2nc(C3CC4C=CC3C4)[nH]c2CCC23CC4CC(CC(C4)C2)C3)cc1C(=O)OCc1ccccc1. The van der Waals surface area contributed by atoms with E-state index in [4.69, 9.17) is 49.3 Å². The van der Waals surface area contributed by atoms with Crippen LogP contribution in [0.1, 0.15) is 121 Å². The minimum atomic E-state index is -0.398. The van der Waals surface area contributed by atoms with Crippen LogP contribution in [0.3, 0.4) is 0 Å². The first kappa shape index (κ1) is 47.0. The van der Waals surface area contributed by atoms with E-state index in [1.54, 1.807) is 35.5 Å². The highest BCUT2D eigenvalue weighted by Crippen LogP contribution is 2.61. The van der Waals surface area contributed by atoms with E-state index in [1.807, 2.05) is 56.3 Å². The second-order valence-corrected chi connectivity index (χ2v) is 20.8. The number of hydrogen-bond acceptors (Lipinski definition) is 7. The van der Waals surface area contributed by atoms with Gasteiger partial charge in [0, 0.05) is 41.3 Å². The van der Waals surface area contributed by atoms with E-state index in [9.17, 15) is 14.4 Å². The number of halogens is 3. The molecule has 0 radical (unpaired) electrons. The van der Waals surface area contributed by atoms with Crippen LogP contribution in [0.15, 0.2) is 91.5 Å². The van der Waals surface area contributed by atoms with Gasteiger partial charge in [-0.3, -0.25) is 9.36 Å². The van der Waals surface area contributed by atoms with Gasteiger partial charge in [0.25, 0.3) is 5.91 Å². The highest BCUT2D eigenvalue weighted by Gasteiger charge is 2.50. The van der Waals surface area contributed by atoms with E-state index >= 15 is 0 Å². The zero-order valence-electron chi connectivity index (χ0n) is 38.2. The number of fused-ring (bicyclic) bond motifs is 2. The first-order valence-electron chi connectivity index (χ1n) is 23.9. The average Bonchev–Trinajstić information content (AvgIpc) is 4.15. The number of benzene rings is 3. The molecule has 0 saturated heterocycles. The van der Waals surface area contributed by atoms with Crippen LogP contribution in [0.5, 0.6) is 5.75 Å². The molecule has 14 heteroatoms. The maximum Gasteiger partial charge on any atom is 0.338 e. The molecule has 0 aliphatic heterocycles. The smallest absolute Gasteiger partial charge is 0.338 e. The maximum atomic E-state index is 13.9. The summed E-state index contributed by atoms with van der Waals surface area (Å²) < 4.78 is 12.7. The molecule has 3 aromatic carbocycles. The summed E-state index contributed by atoms with van der Waals surface area (Å²) in [6, 6.07) is 18.1. The quantitative estimate of drug-likeness (QED) is 0.0789. The number of amides is 2. The van der Waals surface area contributed by atoms with Gasteiger partial charge in [0.2, 0.25) is 0 Å². The topological polar surface area (TPSA) is 131 Å². The summed E-state index contributed by atoms with van der Waals surface area (Å²) >= 11 is 18.0. The van der Waals surface area contributed by atoms with Crippen LogP contribution in [-0.2, 0) is 17.8 Å². The van der Waals surface area contributed by atoms with Gasteiger partial charge in [0.1, 0.15) is 31.1 Å². The summed E-state index contributed by atoms with van der Waals surface area (Å²) in [6.45, 7) is 5.38. The Morgan fingerprint density at radius 1 is 0.910 bits per heavy atom. The summed E-state index contributed by atoms with van der Waals surface area (Å²) in [7, 11) is 0. The van der Waals surface area contributed by atoms with Gasteiger partial charge in [0.15, 0.2) is 5.75 Å². The molecular formula is C53H59Cl3N6O5. The van der Waals surface area contributed by atoms with Gasteiger partial charge in [-0.1, -0.05) is 90.3 Å². The zero-order chi connectivity index (χ0) is 46.7. The largest absolute Gasteiger partial charge is 0.489 e. The van der Waals surface area contributed by atoms with Crippen LogP contribution >= 0.6 is 34.8 Å². The van der Waals surface area contributed by atoms with Crippen LogP contribution in [0.4, 0.5) is 10.5 Å². The highest BCUT2D eigenvalue weighted by molar-refractivity contribution is 6.40. The zero-order valence-corrected chi connectivity index (χ0v) is 40.5. The molecule has 67 heavy (non-hydrogen) atoms. The molecule has 11 rings (SSSR count). The predicted molar refractivity (Wildman–Crippen MR) is 262 cm³/mol. The number of ether oxygens (including phenoxy) is 2. The highest BCUT2D eigenvalue weighted by atomic mass is 35.5. The van der Waals surface area contributed by atoms with Crippen LogP contribution < -0.4 is 10.1 Å². The first-order chi connectivity index (χ1) is 32.4. The van der Waals surface area contributed by atoms with Crippen molar-refractivity contribution in [2.24, 2.45) is 35.0 Å². The van der Waals surface area contributed by atoms with Crippen LogP contribution in [0.2, 0.25) is 15.1 Å². The standard InChI is InChI=1S/C38H43N3O3.C15H16Cl3N3O2/c1-23-7-10-30(18-31(23)37(43)44-22-24-5-3-2-4-6-24)39-36(42)34-33(40-35(41-34)32-17-25-8-9-29(32)16-25)11-12-38-19-26-13-27(20-38)15-28(14-26)21-38;1-2-4-20(15(22)21-5-3-19-10-21)6-7-23-14-12(17)8-11(16)9-13(14)18/h2-10,18,25-29,32H,11-17,19-22H2,1H3,(H,39,42)(H,40,41);3,5,8-10H,2,4,6-7H2,1H3. The van der Waals surface area contributed by atoms with Gasteiger partial charge in [-0.05, 0) is 148 Å². The van der Waals surface area contributed by atoms with E-state index < -0.39 is 5.97 Å². The van der Waals surface area contributed by atoms with Gasteiger partial charge in [-0.2, -0.15) is 0 Å². The summed E-state index contributed by atoms with van der Waals surface area (Å²) in [6.07, 6.45) is 22.9. The fourth-order valence-electron chi connectivity index (χ4n) is 12.0. The molecule has 5 fully saturated rings. The Balaban J connectivity index is 0.000000207. The molecule has 2 heterocycles. The number of H-pyrrole nitrogens is 1. The Hall–Kier alpha value is -5.10. The van der Waals surface area contributed by atoms with Crippen molar-refractivity contribution in [3.05, 3.63) is 141 Å². The van der Waals surface area contributed by atoms with Crippen LogP contribution in [0.25, 0.3) is 0 Å². The third-order valence-electron chi connectivity index (χ3n) is 14.7. The molecule has 2 aromatic heterocycles. The van der Waals surface area contributed by atoms with Crippen LogP contribution in [0, 0.1) is 41.9 Å². The molecule has 352 valence electrons. The Kier molecular flexibility index (Phi) is 14.5. The molecule has 2 amide bonds. The number of allylic oxidation sites excluding steroid dienone is 2. The van der Waals surface area contributed by atoms with E-state index in [1.165, 1.54) is 55.8 Å². The molecule has 5 aromatic rings. The average molecular weight is 966 g/mol. The summed E-state index contributed by atoms with van der Waals surface area (Å²) in [5.41, 5.74) is 4.71. The third kappa shape index (κ3) is 11.0. The second kappa shape index (κ2) is 20.6. The Bertz CT molecular complexity index is 2540. The van der Waals surface area contributed by atoms with Crippen molar-refractivity contribution in [2.75, 3.05) is 25.0 Å². The van der Waals surface area contributed by atoms with Crippen molar-refractivity contribution in [1.29, 1.82) is 0 Å². The van der Waals surface area contributed by atoms with Gasteiger partial charge in [0.05, 0.1) is 22.2 Å². The number of aryl methyl sites for hydroxylation is 2. The number of aromatic amines is 1. The molecule has 3 unspecified atom stereocenters. The molecule has 11 nitrogen and oxygen atoms in total. The number of anilines is 1. The van der Waals surface area contributed by atoms with Gasteiger partial charge in [-0.15, -0.1) is 0 Å². The monoisotopic (exact) mass is 964 g/mol. The molecule has 2 N–H and O–H groups in total. The number of rotatable bonds is 15. The van der Waals surface area contributed by atoms with Gasteiger partial charge < -0.3 is 24.7 Å². The minimum absolute atomic E-state index is 0.152. The fraction of sp³-hybridized carbons (Fsp3) is 0.453. The summed E-state index contributed by atoms with van der Waals surface area (Å²) in [4.78, 5) is 53.5. The van der Waals surface area contributed by atoms with Crippen molar-refractivity contribution in [3.63, 3.8) is 0 Å². The number of carbonyl (C=O) groups is 3. The lowest BCUT2D eigenvalue weighted by atomic mass is 9.48. The number of esters is 1. The first-order valence-corrected chi connectivity index (χ1v) is 25.0. The molecule has 5 saturated carbocycles. The molecule has 0 spiro atoms. The van der Waals surface area contributed by atoms with Gasteiger partial charge >= 0.3 is 12.0 Å². The van der Waals surface area contributed by atoms with E-state index in [0.717, 1.165) is 66.1 Å². The van der Waals surface area contributed by atoms with E-state index in [2.05, 4.69) is 27.4 Å². The van der Waals surface area contributed by atoms with Crippen molar-refractivity contribution in [2.45, 2.75) is 97.0 Å². The lowest BCUT2D eigenvalue weighted by molar-refractivity contribution is -0.0570. The normalized spacial score (nSPS) is 24.0. The molecule has 6 aliphatic rings. The predicted octanol–water partition coefficient (Wildman–Crippen LogP) is 12.8. The fourth-order valence-corrected chi connectivity index (χ4v) is 12.9. The second-order valence-electron chi connectivity index (χ2n) is 19.6. The lowest BCUT2D eigenvalue weighted by Gasteiger charge is -2.57. The van der Waals surface area contributed by atoms with Crippen LogP contribution in [-0.4, -0.2) is 62.0 Å². The number of nitrogens with zero attached hydrogens (tertiary/aromatic N) is 4. The molecular weight excluding hydrogens is 907 g/mol. The number of aromatic nitrogens is 4. The number of imidazole rings is 2. The molecule has 6 aliphatic carbocycles. The maximum absolute atomic E-state index is 13.9. The number of hydrogen-bond donors (Lipinski definition) is 2. The van der Waals surface area contributed by atoms with Crippen molar-refractivity contribution in [3.8, 4) is 5.75 Å². The third-order valence-corrected chi connectivity index (χ3v) is 15.5. The summed E-state index contributed by atoms with van der Waals surface area (Å²) in [5, 5.41) is 4.20. The van der Waals surface area contributed by atoms with Gasteiger partial charge in [-0.25, -0.2) is 19.6 Å². The Morgan fingerprint density at radius 3 is 2.28 bits per heavy atom. The van der Waals surface area contributed by atoms with Crippen molar-refractivity contribution >= 4 is 58.4 Å². The number of nitrogens with one attached hydrogen (secondary N) is 2. The van der Waals surface area contributed by atoms with Crippen molar-refractivity contribution < 1.29 is 23.9 Å². The Morgan fingerprint density at radius 2 is 1.64 bits per heavy atom. The van der Waals surface area contributed by atoms with Crippen molar-refractivity contribution in [1.82, 2.24) is 24.4 Å². The van der Waals surface area contributed by atoms with E-state index in [0.29, 0.717) is 74.0 Å².